The van der Waals surface area contributed by atoms with Gasteiger partial charge in [-0.3, -0.25) is 0 Å². The normalized spacial score (nSPS) is 22.0. The molecule has 1 aliphatic rings. The van der Waals surface area contributed by atoms with Crippen molar-refractivity contribution in [1.82, 2.24) is 5.32 Å². The van der Waals surface area contributed by atoms with Crippen LogP contribution in [0.25, 0.3) is 0 Å². The van der Waals surface area contributed by atoms with Crippen molar-refractivity contribution in [1.29, 1.82) is 0 Å². The Bertz CT molecular complexity index is 153. The molecule has 0 aliphatic carbocycles. The molecule has 0 radical (unpaired) electrons. The molecule has 1 nitrogen and oxygen atoms in total. The highest BCUT2D eigenvalue weighted by Crippen LogP contribution is 2.34. The Morgan fingerprint density at radius 1 is 1.42 bits per heavy atom. The van der Waals surface area contributed by atoms with E-state index in [1.54, 1.807) is 0 Å². The van der Waals surface area contributed by atoms with Gasteiger partial charge in [-0.05, 0) is 11.8 Å². The standard InChI is InChI=1S/C7H12F3NS/c1-6(4-11-5-6)2-3-12-7(8,9)10/h11H,2-5H2,1H3. The van der Waals surface area contributed by atoms with E-state index in [2.05, 4.69) is 5.32 Å². The van der Waals surface area contributed by atoms with E-state index in [4.69, 9.17) is 0 Å². The van der Waals surface area contributed by atoms with Crippen LogP contribution in [0.4, 0.5) is 13.2 Å². The fourth-order valence-electron chi connectivity index (χ4n) is 1.14. The van der Waals surface area contributed by atoms with Crippen molar-refractivity contribution in [3.05, 3.63) is 0 Å². The molecule has 1 fully saturated rings. The van der Waals surface area contributed by atoms with Crippen LogP contribution in [0.2, 0.25) is 0 Å². The maximum atomic E-state index is 11.7. The maximum absolute atomic E-state index is 11.7. The average molecular weight is 199 g/mol. The van der Waals surface area contributed by atoms with Gasteiger partial charge in [0.15, 0.2) is 0 Å². The molecular formula is C7H12F3NS. The largest absolute Gasteiger partial charge is 0.441 e. The summed E-state index contributed by atoms with van der Waals surface area (Å²) in [7, 11) is 0. The van der Waals surface area contributed by atoms with Crippen LogP contribution < -0.4 is 5.32 Å². The zero-order chi connectivity index (χ0) is 9.24. The predicted octanol–water partition coefficient (Wildman–Crippen LogP) is 2.24. The first-order chi connectivity index (χ1) is 5.41. The van der Waals surface area contributed by atoms with Crippen molar-refractivity contribution in [3.8, 4) is 0 Å². The molecule has 0 bridgehead atoms. The van der Waals surface area contributed by atoms with Crippen LogP contribution in [0.15, 0.2) is 0 Å². The highest BCUT2D eigenvalue weighted by molar-refractivity contribution is 8.00. The van der Waals surface area contributed by atoms with Gasteiger partial charge >= 0.3 is 5.51 Å². The monoisotopic (exact) mass is 199 g/mol. The molecule has 12 heavy (non-hydrogen) atoms. The first kappa shape index (κ1) is 10.2. The van der Waals surface area contributed by atoms with Crippen molar-refractivity contribution < 1.29 is 13.2 Å². The van der Waals surface area contributed by atoms with Crippen LogP contribution in [0.5, 0.6) is 0 Å². The molecule has 1 heterocycles. The van der Waals surface area contributed by atoms with Gasteiger partial charge in [0.2, 0.25) is 0 Å². The summed E-state index contributed by atoms with van der Waals surface area (Å²) >= 11 is 0.0819. The van der Waals surface area contributed by atoms with Crippen molar-refractivity contribution in [3.63, 3.8) is 0 Å². The number of nitrogens with one attached hydrogen (secondary N) is 1. The fraction of sp³-hybridized carbons (Fsp3) is 1.00. The smallest absolute Gasteiger partial charge is 0.316 e. The molecule has 0 spiro atoms. The van der Waals surface area contributed by atoms with E-state index < -0.39 is 5.51 Å². The quantitative estimate of drug-likeness (QED) is 0.748. The molecule has 0 aromatic rings. The molecule has 0 amide bonds. The lowest BCUT2D eigenvalue weighted by Gasteiger charge is -2.39. The van der Waals surface area contributed by atoms with Crippen molar-refractivity contribution in [2.24, 2.45) is 5.41 Å². The molecule has 0 unspecified atom stereocenters. The summed E-state index contributed by atoms with van der Waals surface area (Å²) in [6, 6.07) is 0. The third kappa shape index (κ3) is 3.23. The summed E-state index contributed by atoms with van der Waals surface area (Å²) in [6.45, 7) is 3.72. The number of hydrogen-bond donors (Lipinski definition) is 1. The molecule has 1 N–H and O–H groups in total. The maximum Gasteiger partial charge on any atom is 0.441 e. The van der Waals surface area contributed by atoms with Gasteiger partial charge in [-0.15, -0.1) is 0 Å². The van der Waals surface area contributed by atoms with Crippen molar-refractivity contribution in [2.45, 2.75) is 18.9 Å². The van der Waals surface area contributed by atoms with Gasteiger partial charge in [0.05, 0.1) is 0 Å². The molecule has 1 rings (SSSR count). The van der Waals surface area contributed by atoms with Crippen LogP contribution >= 0.6 is 11.8 Å². The average Bonchev–Trinajstić information content (AvgIpc) is 1.81. The number of thioether (sulfide) groups is 1. The third-order valence-corrected chi connectivity index (χ3v) is 2.81. The second kappa shape index (κ2) is 3.46. The third-order valence-electron chi connectivity index (χ3n) is 2.07. The minimum atomic E-state index is -4.06. The first-order valence-electron chi connectivity index (χ1n) is 3.83. The molecule has 0 aromatic heterocycles. The van der Waals surface area contributed by atoms with Crippen LogP contribution in [0.3, 0.4) is 0 Å². The van der Waals surface area contributed by atoms with E-state index >= 15 is 0 Å². The lowest BCUT2D eigenvalue weighted by Crippen LogP contribution is -2.51. The van der Waals surface area contributed by atoms with Crippen LogP contribution in [-0.2, 0) is 0 Å². The van der Waals surface area contributed by atoms with E-state index in [1.807, 2.05) is 6.92 Å². The zero-order valence-corrected chi connectivity index (χ0v) is 7.69. The Balaban J connectivity index is 2.10. The Labute approximate surface area is 74.1 Å². The number of hydrogen-bond acceptors (Lipinski definition) is 2. The highest BCUT2D eigenvalue weighted by atomic mass is 32.2. The first-order valence-corrected chi connectivity index (χ1v) is 4.81. The summed E-state index contributed by atoms with van der Waals surface area (Å²) in [6.07, 6.45) is 0.643. The summed E-state index contributed by atoms with van der Waals surface area (Å²) in [5, 5.41) is 3.06. The van der Waals surface area contributed by atoms with Gasteiger partial charge < -0.3 is 5.32 Å². The second-order valence-electron chi connectivity index (χ2n) is 3.46. The van der Waals surface area contributed by atoms with Crippen molar-refractivity contribution in [2.75, 3.05) is 18.8 Å². The summed E-state index contributed by atoms with van der Waals surface area (Å²) < 4.78 is 35.1. The topological polar surface area (TPSA) is 12.0 Å². The van der Waals surface area contributed by atoms with Gasteiger partial charge in [-0.1, -0.05) is 18.7 Å². The summed E-state index contributed by atoms with van der Waals surface area (Å²) in [4.78, 5) is 0. The Hall–Kier alpha value is 0.1000. The van der Waals surface area contributed by atoms with E-state index in [0.717, 1.165) is 13.1 Å². The second-order valence-corrected chi connectivity index (χ2v) is 4.62. The SMILES string of the molecule is CC1(CCSC(F)(F)F)CNC1. The molecule has 0 aromatic carbocycles. The Morgan fingerprint density at radius 3 is 2.33 bits per heavy atom. The molecule has 72 valence electrons. The zero-order valence-electron chi connectivity index (χ0n) is 6.87. The van der Waals surface area contributed by atoms with Crippen molar-refractivity contribution >= 4 is 11.8 Å². The lowest BCUT2D eigenvalue weighted by atomic mass is 9.82. The summed E-state index contributed by atoms with van der Waals surface area (Å²) in [5.74, 6) is 0.182. The number of halogens is 3. The minimum absolute atomic E-state index is 0.0819. The van der Waals surface area contributed by atoms with Gasteiger partial charge in [0.1, 0.15) is 0 Å². The van der Waals surface area contributed by atoms with Crippen LogP contribution in [0.1, 0.15) is 13.3 Å². The van der Waals surface area contributed by atoms with Gasteiger partial charge in [-0.25, -0.2) is 0 Å². The molecule has 1 saturated heterocycles. The van der Waals surface area contributed by atoms with E-state index in [0.29, 0.717) is 6.42 Å². The Morgan fingerprint density at radius 2 is 2.00 bits per heavy atom. The minimum Gasteiger partial charge on any atom is -0.316 e. The summed E-state index contributed by atoms with van der Waals surface area (Å²) in [5.41, 5.74) is -3.95. The van der Waals surface area contributed by atoms with E-state index in [-0.39, 0.29) is 22.9 Å². The number of alkyl halides is 3. The molecule has 0 atom stereocenters. The van der Waals surface area contributed by atoms with Crippen LogP contribution in [0, 0.1) is 5.41 Å². The Kier molecular flexibility index (Phi) is 2.93. The molecule has 1 aliphatic heterocycles. The molecular weight excluding hydrogens is 187 g/mol. The van der Waals surface area contributed by atoms with Gasteiger partial charge in [0.25, 0.3) is 0 Å². The molecule has 5 heteroatoms. The fourth-order valence-corrected chi connectivity index (χ4v) is 1.97. The highest BCUT2D eigenvalue weighted by Gasteiger charge is 2.34. The number of rotatable bonds is 3. The predicted molar refractivity (Wildman–Crippen MR) is 44.1 cm³/mol. The van der Waals surface area contributed by atoms with Gasteiger partial charge in [-0.2, -0.15) is 13.2 Å². The van der Waals surface area contributed by atoms with Gasteiger partial charge in [0, 0.05) is 18.8 Å². The van der Waals surface area contributed by atoms with E-state index in [9.17, 15) is 13.2 Å². The molecule has 0 saturated carbocycles. The van der Waals surface area contributed by atoms with E-state index in [1.165, 1.54) is 0 Å². The van der Waals surface area contributed by atoms with Crippen LogP contribution in [-0.4, -0.2) is 24.4 Å². The lowest BCUT2D eigenvalue weighted by molar-refractivity contribution is -0.0329.